The van der Waals surface area contributed by atoms with E-state index in [4.69, 9.17) is 0 Å². The number of guanidine groups is 1. The van der Waals surface area contributed by atoms with Gasteiger partial charge in [-0.2, -0.15) is 0 Å². The molecule has 0 saturated carbocycles. The van der Waals surface area contributed by atoms with Crippen molar-refractivity contribution in [3.63, 3.8) is 0 Å². The van der Waals surface area contributed by atoms with E-state index in [2.05, 4.69) is 27.5 Å². The van der Waals surface area contributed by atoms with Crippen molar-refractivity contribution in [3.8, 4) is 0 Å². The Bertz CT molecular complexity index is 809. The molecule has 0 spiro atoms. The van der Waals surface area contributed by atoms with Gasteiger partial charge in [-0.05, 0) is 50.8 Å². The van der Waals surface area contributed by atoms with Crippen LogP contribution in [0, 0.1) is 13.8 Å². The molecule has 2 aromatic rings. The molecule has 1 amide bonds. The van der Waals surface area contributed by atoms with Gasteiger partial charge in [0.25, 0.3) is 5.91 Å². The Morgan fingerprint density at radius 1 is 1.10 bits per heavy atom. The maximum absolute atomic E-state index is 12.5. The first-order valence-electron chi connectivity index (χ1n) is 9.82. The zero-order valence-electron chi connectivity index (χ0n) is 17.3. The first-order chi connectivity index (χ1) is 13.6. The minimum absolute atomic E-state index is 0. The van der Waals surface area contributed by atoms with E-state index in [1.54, 1.807) is 18.4 Å². The van der Waals surface area contributed by atoms with Crippen molar-refractivity contribution in [1.82, 2.24) is 20.5 Å². The Kier molecular flexibility index (Phi) is 9.35. The average molecular weight is 527 g/mol. The Labute approximate surface area is 194 Å². The summed E-state index contributed by atoms with van der Waals surface area (Å²) >= 11 is 1.70. The molecular weight excluding hydrogens is 497 g/mol. The summed E-state index contributed by atoms with van der Waals surface area (Å²) in [7, 11) is 1.76. The van der Waals surface area contributed by atoms with Gasteiger partial charge in [0.2, 0.25) is 0 Å². The maximum Gasteiger partial charge on any atom is 0.253 e. The van der Waals surface area contributed by atoms with Crippen LogP contribution in [0.2, 0.25) is 0 Å². The molecule has 1 saturated heterocycles. The van der Waals surface area contributed by atoms with E-state index < -0.39 is 0 Å². The Morgan fingerprint density at radius 3 is 2.34 bits per heavy atom. The van der Waals surface area contributed by atoms with Crippen LogP contribution in [0.25, 0.3) is 0 Å². The Hall–Kier alpha value is -1.68. The predicted octanol–water partition coefficient (Wildman–Crippen LogP) is 3.87. The molecule has 1 fully saturated rings. The lowest BCUT2D eigenvalue weighted by molar-refractivity contribution is 0.0724. The fourth-order valence-electron chi connectivity index (χ4n) is 3.23. The summed E-state index contributed by atoms with van der Waals surface area (Å²) in [6.45, 7) is 7.17. The molecule has 0 aliphatic carbocycles. The van der Waals surface area contributed by atoms with Crippen molar-refractivity contribution in [1.29, 1.82) is 0 Å². The first kappa shape index (κ1) is 23.6. The fourth-order valence-corrected chi connectivity index (χ4v) is 4.10. The highest BCUT2D eigenvalue weighted by Gasteiger charge is 2.17. The highest BCUT2D eigenvalue weighted by molar-refractivity contribution is 14.0. The molecule has 29 heavy (non-hydrogen) atoms. The van der Waals surface area contributed by atoms with Gasteiger partial charge in [-0.1, -0.05) is 12.1 Å². The summed E-state index contributed by atoms with van der Waals surface area (Å²) in [5.41, 5.74) is 2.96. The molecule has 1 aliphatic heterocycles. The molecular formula is C21H30IN5OS. The van der Waals surface area contributed by atoms with Crippen LogP contribution < -0.4 is 10.6 Å². The number of carbonyl (C=O) groups excluding carboxylic acids is 1. The van der Waals surface area contributed by atoms with Crippen molar-refractivity contribution >= 4 is 47.2 Å². The van der Waals surface area contributed by atoms with Crippen LogP contribution in [0.4, 0.5) is 0 Å². The molecule has 2 heterocycles. The zero-order chi connectivity index (χ0) is 19.9. The van der Waals surface area contributed by atoms with Crippen molar-refractivity contribution in [3.05, 3.63) is 51.0 Å². The summed E-state index contributed by atoms with van der Waals surface area (Å²) in [6, 6.07) is 7.85. The van der Waals surface area contributed by atoms with Crippen molar-refractivity contribution < 1.29 is 4.79 Å². The van der Waals surface area contributed by atoms with E-state index in [9.17, 15) is 4.79 Å². The quantitative estimate of drug-likeness (QED) is 0.352. The summed E-state index contributed by atoms with van der Waals surface area (Å²) in [6.07, 6.45) is 3.45. The number of nitrogens with zero attached hydrogens (tertiary/aromatic N) is 3. The van der Waals surface area contributed by atoms with Gasteiger partial charge in [-0.3, -0.25) is 9.79 Å². The molecule has 0 bridgehead atoms. The van der Waals surface area contributed by atoms with E-state index in [0.717, 1.165) is 53.7 Å². The lowest BCUT2D eigenvalue weighted by Crippen LogP contribution is -2.36. The van der Waals surface area contributed by atoms with Gasteiger partial charge in [-0.25, -0.2) is 4.98 Å². The molecule has 2 N–H and O–H groups in total. The minimum atomic E-state index is 0. The monoisotopic (exact) mass is 527 g/mol. The van der Waals surface area contributed by atoms with Gasteiger partial charge in [0, 0.05) is 37.1 Å². The lowest BCUT2D eigenvalue weighted by Gasteiger charge is -2.26. The van der Waals surface area contributed by atoms with Crippen molar-refractivity contribution in [2.24, 2.45) is 4.99 Å². The molecule has 0 radical (unpaired) electrons. The number of rotatable bonds is 5. The van der Waals surface area contributed by atoms with Gasteiger partial charge >= 0.3 is 0 Å². The number of nitrogens with one attached hydrogen (secondary N) is 2. The number of likely N-dealkylation sites (tertiary alicyclic amines) is 1. The molecule has 1 aromatic carbocycles. The number of amides is 1. The number of thiazole rings is 1. The van der Waals surface area contributed by atoms with E-state index in [1.807, 2.05) is 36.1 Å². The third-order valence-electron chi connectivity index (χ3n) is 5.01. The number of hydrogen-bond donors (Lipinski definition) is 2. The molecule has 6 nitrogen and oxygen atoms in total. The van der Waals surface area contributed by atoms with E-state index in [0.29, 0.717) is 13.1 Å². The summed E-state index contributed by atoms with van der Waals surface area (Å²) in [5.74, 6) is 0.879. The second-order valence-electron chi connectivity index (χ2n) is 7.08. The highest BCUT2D eigenvalue weighted by Crippen LogP contribution is 2.16. The first-order valence-corrected chi connectivity index (χ1v) is 10.6. The number of piperidine rings is 1. The summed E-state index contributed by atoms with van der Waals surface area (Å²) in [5, 5.41) is 7.66. The maximum atomic E-state index is 12.5. The SMILES string of the molecule is CN=C(NCc1ccc(C(=O)N2CCCCC2)cc1)NCc1nc(C)c(C)s1.I. The van der Waals surface area contributed by atoms with Crippen molar-refractivity contribution in [2.75, 3.05) is 20.1 Å². The van der Waals surface area contributed by atoms with Gasteiger partial charge in [-0.15, -0.1) is 35.3 Å². The third-order valence-corrected chi connectivity index (χ3v) is 6.08. The number of aromatic nitrogens is 1. The molecule has 3 rings (SSSR count). The average Bonchev–Trinajstić information content (AvgIpc) is 3.06. The number of benzene rings is 1. The molecule has 158 valence electrons. The topological polar surface area (TPSA) is 69.6 Å². The largest absolute Gasteiger partial charge is 0.352 e. The van der Waals surface area contributed by atoms with Gasteiger partial charge in [0.1, 0.15) is 5.01 Å². The van der Waals surface area contributed by atoms with Gasteiger partial charge in [0.05, 0.1) is 12.2 Å². The minimum Gasteiger partial charge on any atom is -0.352 e. The number of carbonyl (C=O) groups is 1. The van der Waals surface area contributed by atoms with Crippen LogP contribution in [0.5, 0.6) is 0 Å². The van der Waals surface area contributed by atoms with Crippen LogP contribution in [-0.2, 0) is 13.1 Å². The molecule has 0 atom stereocenters. The normalized spacial score (nSPS) is 14.3. The van der Waals surface area contributed by atoms with Crippen LogP contribution in [-0.4, -0.2) is 41.9 Å². The third kappa shape index (κ3) is 6.67. The highest BCUT2D eigenvalue weighted by atomic mass is 127. The van der Waals surface area contributed by atoms with Crippen LogP contribution in [0.15, 0.2) is 29.3 Å². The Balaban J connectivity index is 0.00000300. The number of aryl methyl sites for hydroxylation is 2. The number of halogens is 1. The van der Waals surface area contributed by atoms with Gasteiger partial charge < -0.3 is 15.5 Å². The van der Waals surface area contributed by atoms with Crippen LogP contribution in [0.1, 0.15) is 50.8 Å². The van der Waals surface area contributed by atoms with Crippen LogP contribution in [0.3, 0.4) is 0 Å². The summed E-state index contributed by atoms with van der Waals surface area (Å²) < 4.78 is 0. The molecule has 8 heteroatoms. The lowest BCUT2D eigenvalue weighted by atomic mass is 10.1. The second kappa shape index (κ2) is 11.5. The number of hydrogen-bond acceptors (Lipinski definition) is 4. The standard InChI is InChI=1S/C21H29N5OS.HI/c1-15-16(2)28-19(25-15)14-24-21(22-3)23-13-17-7-9-18(10-8-17)20(27)26-11-5-4-6-12-26;/h7-10H,4-6,11-14H2,1-3H3,(H2,22,23,24);1H. The predicted molar refractivity (Wildman–Crippen MR) is 130 cm³/mol. The van der Waals surface area contributed by atoms with Crippen molar-refractivity contribution in [2.45, 2.75) is 46.2 Å². The van der Waals surface area contributed by atoms with Gasteiger partial charge in [0.15, 0.2) is 5.96 Å². The van der Waals surface area contributed by atoms with E-state index >= 15 is 0 Å². The summed E-state index contributed by atoms with van der Waals surface area (Å²) in [4.78, 5) is 24.6. The van der Waals surface area contributed by atoms with E-state index in [-0.39, 0.29) is 29.9 Å². The van der Waals surface area contributed by atoms with Crippen LogP contribution >= 0.6 is 35.3 Å². The fraction of sp³-hybridized carbons (Fsp3) is 0.476. The van der Waals surface area contributed by atoms with E-state index in [1.165, 1.54) is 11.3 Å². The molecule has 1 aliphatic rings. The molecule has 0 unspecified atom stereocenters. The zero-order valence-corrected chi connectivity index (χ0v) is 20.5. The number of aliphatic imine (C=N–C) groups is 1. The smallest absolute Gasteiger partial charge is 0.253 e. The Morgan fingerprint density at radius 2 is 1.76 bits per heavy atom. The second-order valence-corrected chi connectivity index (χ2v) is 8.37. The molecule has 1 aromatic heterocycles.